The summed E-state index contributed by atoms with van der Waals surface area (Å²) in [4.78, 5) is 16.5. The summed E-state index contributed by atoms with van der Waals surface area (Å²) in [5.41, 5.74) is 4.22. The molecule has 0 aliphatic rings. The van der Waals surface area contributed by atoms with Gasteiger partial charge in [-0.3, -0.25) is 0 Å². The van der Waals surface area contributed by atoms with Gasteiger partial charge in [0.2, 0.25) is 0 Å². The predicted molar refractivity (Wildman–Crippen MR) is 125 cm³/mol. The number of ether oxygens (including phenoxy) is 1. The molecule has 0 unspecified atom stereocenters. The van der Waals surface area contributed by atoms with Gasteiger partial charge in [0.25, 0.3) is 0 Å². The van der Waals surface area contributed by atoms with Crippen molar-refractivity contribution in [2.24, 2.45) is 0 Å². The molecule has 8 heteroatoms. The number of thiazole rings is 1. The number of carboxylic acid groups (broad SMARTS) is 1. The second-order valence-electron chi connectivity index (χ2n) is 6.93. The van der Waals surface area contributed by atoms with Gasteiger partial charge >= 0.3 is 5.97 Å². The molecule has 2 aromatic carbocycles. The van der Waals surface area contributed by atoms with Crippen LogP contribution in [-0.4, -0.2) is 27.7 Å². The van der Waals surface area contributed by atoms with E-state index in [0.29, 0.717) is 28.0 Å². The highest BCUT2D eigenvalue weighted by Gasteiger charge is 2.20. The smallest absolute Gasteiger partial charge is 0.337 e. The summed E-state index contributed by atoms with van der Waals surface area (Å²) in [6.45, 7) is 2.24. The van der Waals surface area contributed by atoms with Crippen molar-refractivity contribution in [3.05, 3.63) is 80.8 Å². The summed E-state index contributed by atoms with van der Waals surface area (Å²) in [6, 6.07) is 14.7. The van der Waals surface area contributed by atoms with Gasteiger partial charge < -0.3 is 14.4 Å². The molecule has 0 spiro atoms. The second kappa shape index (κ2) is 8.75. The summed E-state index contributed by atoms with van der Waals surface area (Å²) in [7, 11) is 1.63. The van der Waals surface area contributed by atoms with E-state index in [0.717, 1.165) is 27.6 Å². The molecule has 158 valence electrons. The fraction of sp³-hybridized carbons (Fsp3) is 0.130. The van der Waals surface area contributed by atoms with Crippen LogP contribution in [-0.2, 0) is 6.54 Å². The van der Waals surface area contributed by atoms with Crippen molar-refractivity contribution < 1.29 is 14.6 Å². The third-order valence-electron chi connectivity index (χ3n) is 5.03. The van der Waals surface area contributed by atoms with Crippen LogP contribution >= 0.6 is 34.5 Å². The molecule has 0 radical (unpaired) electrons. The number of methoxy groups -OCH3 is 1. The number of carbonyl (C=O) groups is 1. The SMILES string of the molecule is COc1ccc(-c2nc(-c3cc(C(=O)O)c(C)n3Cc3ccc(Cl)c(Cl)c3)cs2)cc1. The van der Waals surface area contributed by atoms with Crippen LogP contribution < -0.4 is 4.74 Å². The molecule has 0 amide bonds. The van der Waals surface area contributed by atoms with E-state index in [2.05, 4.69) is 0 Å². The molecule has 0 aliphatic heterocycles. The lowest BCUT2D eigenvalue weighted by molar-refractivity contribution is 0.0696. The maximum atomic E-state index is 11.8. The number of rotatable bonds is 6. The molecule has 4 rings (SSSR count). The van der Waals surface area contributed by atoms with E-state index < -0.39 is 5.97 Å². The number of carboxylic acids is 1. The minimum Gasteiger partial charge on any atom is -0.497 e. The summed E-state index contributed by atoms with van der Waals surface area (Å²) in [5.74, 6) is -0.199. The van der Waals surface area contributed by atoms with Crippen LogP contribution in [0.2, 0.25) is 10.0 Å². The van der Waals surface area contributed by atoms with Crippen molar-refractivity contribution in [1.82, 2.24) is 9.55 Å². The second-order valence-corrected chi connectivity index (χ2v) is 8.61. The minimum absolute atomic E-state index is 0.244. The highest BCUT2D eigenvalue weighted by molar-refractivity contribution is 7.13. The van der Waals surface area contributed by atoms with E-state index in [9.17, 15) is 9.90 Å². The Kier molecular flexibility index (Phi) is 6.05. The monoisotopic (exact) mass is 472 g/mol. The van der Waals surface area contributed by atoms with E-state index in [1.165, 1.54) is 11.3 Å². The van der Waals surface area contributed by atoms with E-state index in [-0.39, 0.29) is 5.56 Å². The van der Waals surface area contributed by atoms with Crippen LogP contribution in [0.1, 0.15) is 21.6 Å². The van der Waals surface area contributed by atoms with Gasteiger partial charge in [0.05, 0.1) is 34.1 Å². The van der Waals surface area contributed by atoms with Crippen LogP contribution in [0.15, 0.2) is 53.9 Å². The topological polar surface area (TPSA) is 64.3 Å². The number of halogens is 2. The Morgan fingerprint density at radius 2 is 1.87 bits per heavy atom. The summed E-state index contributed by atoms with van der Waals surface area (Å²) in [5, 5.41) is 13.4. The average molecular weight is 473 g/mol. The largest absolute Gasteiger partial charge is 0.497 e. The lowest BCUT2D eigenvalue weighted by Crippen LogP contribution is -2.06. The molecule has 0 saturated carbocycles. The fourth-order valence-electron chi connectivity index (χ4n) is 3.36. The van der Waals surface area contributed by atoms with E-state index in [1.54, 1.807) is 32.2 Å². The minimum atomic E-state index is -0.975. The number of hydrogen-bond donors (Lipinski definition) is 1. The molecule has 2 aromatic heterocycles. The zero-order valence-electron chi connectivity index (χ0n) is 16.7. The zero-order chi connectivity index (χ0) is 22.1. The highest BCUT2D eigenvalue weighted by Crippen LogP contribution is 2.33. The quantitative estimate of drug-likeness (QED) is 0.341. The third-order valence-corrected chi connectivity index (χ3v) is 6.66. The van der Waals surface area contributed by atoms with Gasteiger partial charge in [-0.2, -0.15) is 0 Å². The molecule has 5 nitrogen and oxygen atoms in total. The van der Waals surface area contributed by atoms with Crippen molar-refractivity contribution in [2.75, 3.05) is 7.11 Å². The first-order valence-electron chi connectivity index (χ1n) is 9.35. The summed E-state index contributed by atoms with van der Waals surface area (Å²) in [6.07, 6.45) is 0. The number of hydrogen-bond acceptors (Lipinski definition) is 4. The van der Waals surface area contributed by atoms with Crippen LogP contribution in [0.4, 0.5) is 0 Å². The van der Waals surface area contributed by atoms with Gasteiger partial charge in [-0.25, -0.2) is 9.78 Å². The predicted octanol–water partition coefficient (Wildman–Crippen LogP) is 6.65. The normalized spacial score (nSPS) is 11.0. The highest BCUT2D eigenvalue weighted by atomic mass is 35.5. The van der Waals surface area contributed by atoms with Gasteiger partial charge in [-0.1, -0.05) is 29.3 Å². The van der Waals surface area contributed by atoms with Crippen LogP contribution in [0.3, 0.4) is 0 Å². The summed E-state index contributed by atoms with van der Waals surface area (Å²) >= 11 is 13.7. The van der Waals surface area contributed by atoms with E-state index >= 15 is 0 Å². The number of nitrogens with zero attached hydrogens (tertiary/aromatic N) is 2. The molecular formula is C23H18Cl2N2O3S. The van der Waals surface area contributed by atoms with Crippen molar-refractivity contribution >= 4 is 40.5 Å². The molecule has 0 saturated heterocycles. The van der Waals surface area contributed by atoms with E-state index in [1.807, 2.05) is 40.3 Å². The average Bonchev–Trinajstić information content (AvgIpc) is 3.36. The standard InChI is InChI=1S/C23H18Cl2N2O3S/c1-13-17(23(28)29)10-21(27(13)11-14-3-8-18(24)19(25)9-14)20-12-31-22(26-20)15-4-6-16(30-2)7-5-15/h3-10,12H,11H2,1-2H3,(H,28,29). The first-order valence-corrected chi connectivity index (χ1v) is 11.0. The number of benzene rings is 2. The molecule has 31 heavy (non-hydrogen) atoms. The fourth-order valence-corrected chi connectivity index (χ4v) is 4.50. The van der Waals surface area contributed by atoms with Crippen LogP contribution in [0.25, 0.3) is 22.0 Å². The van der Waals surface area contributed by atoms with Crippen LogP contribution in [0.5, 0.6) is 5.75 Å². The Morgan fingerprint density at radius 3 is 2.52 bits per heavy atom. The van der Waals surface area contributed by atoms with Gasteiger partial charge in [-0.15, -0.1) is 11.3 Å². The third kappa shape index (κ3) is 4.32. The Bertz CT molecular complexity index is 1260. The van der Waals surface area contributed by atoms with Crippen LogP contribution in [0, 0.1) is 6.92 Å². The summed E-state index contributed by atoms with van der Waals surface area (Å²) < 4.78 is 7.15. The molecule has 0 aliphatic carbocycles. The van der Waals surface area contributed by atoms with Gasteiger partial charge in [0.1, 0.15) is 10.8 Å². The molecule has 1 N–H and O–H groups in total. The van der Waals surface area contributed by atoms with Crippen molar-refractivity contribution in [2.45, 2.75) is 13.5 Å². The van der Waals surface area contributed by atoms with E-state index in [4.69, 9.17) is 32.9 Å². The Hall–Kier alpha value is -2.80. The molecule has 0 atom stereocenters. The first-order chi connectivity index (χ1) is 14.9. The van der Waals surface area contributed by atoms with Crippen molar-refractivity contribution in [3.8, 4) is 27.7 Å². The molecular weight excluding hydrogens is 455 g/mol. The number of aromatic nitrogens is 2. The maximum Gasteiger partial charge on any atom is 0.337 e. The van der Waals surface area contributed by atoms with Crippen molar-refractivity contribution in [1.29, 1.82) is 0 Å². The Labute approximate surface area is 193 Å². The molecule has 4 aromatic rings. The molecule has 2 heterocycles. The first kappa shape index (κ1) is 21.4. The lowest BCUT2D eigenvalue weighted by atomic mass is 10.2. The lowest BCUT2D eigenvalue weighted by Gasteiger charge is -2.11. The Balaban J connectivity index is 1.75. The van der Waals surface area contributed by atoms with Gasteiger partial charge in [0.15, 0.2) is 0 Å². The van der Waals surface area contributed by atoms with Gasteiger partial charge in [-0.05, 0) is 55.0 Å². The number of aromatic carboxylic acids is 1. The molecule has 0 bridgehead atoms. The maximum absolute atomic E-state index is 11.8. The van der Waals surface area contributed by atoms with Crippen molar-refractivity contribution in [3.63, 3.8) is 0 Å². The Morgan fingerprint density at radius 1 is 1.13 bits per heavy atom. The zero-order valence-corrected chi connectivity index (χ0v) is 19.1. The van der Waals surface area contributed by atoms with Gasteiger partial charge in [0, 0.05) is 23.2 Å². The molecule has 0 fully saturated rings.